The summed E-state index contributed by atoms with van der Waals surface area (Å²) in [6, 6.07) is 5.50. The number of hydrogen-bond donors (Lipinski definition) is 1. The molecule has 1 N–H and O–H groups in total. The molecule has 1 saturated heterocycles. The lowest BCUT2D eigenvalue weighted by atomic mass is 10.1. The number of carbonyl (C=O) groups excluding carboxylic acids is 2. The molecule has 0 aliphatic carbocycles. The van der Waals surface area contributed by atoms with Crippen LogP contribution < -0.4 is 10.1 Å². The van der Waals surface area contributed by atoms with Gasteiger partial charge in [0, 0.05) is 25.2 Å². The van der Waals surface area contributed by atoms with Gasteiger partial charge in [0.1, 0.15) is 11.4 Å². The van der Waals surface area contributed by atoms with E-state index in [1.165, 1.54) is 0 Å². The standard InChI is InChI=1S/C19H28N2O4/c1-13-6-7-15(10-16(13)24-5)17(22)21-9-8-14(12-21)11-20-18(23)25-19(2,3)4/h6-7,10,14H,8-9,11-12H2,1-5H3,(H,20,23)/t14-/m0/s1. The summed E-state index contributed by atoms with van der Waals surface area (Å²) >= 11 is 0. The number of benzene rings is 1. The van der Waals surface area contributed by atoms with E-state index in [1.807, 2.05) is 44.7 Å². The number of alkyl carbamates (subject to hydrolysis) is 1. The Morgan fingerprint density at radius 1 is 1.32 bits per heavy atom. The van der Waals surface area contributed by atoms with Crippen molar-refractivity contribution in [2.45, 2.75) is 39.7 Å². The van der Waals surface area contributed by atoms with Gasteiger partial charge in [0.15, 0.2) is 0 Å². The summed E-state index contributed by atoms with van der Waals surface area (Å²) in [6.07, 6.45) is 0.449. The van der Waals surface area contributed by atoms with E-state index in [-0.39, 0.29) is 11.8 Å². The van der Waals surface area contributed by atoms with Gasteiger partial charge >= 0.3 is 6.09 Å². The zero-order chi connectivity index (χ0) is 18.6. The first-order chi connectivity index (χ1) is 11.7. The number of methoxy groups -OCH3 is 1. The smallest absolute Gasteiger partial charge is 0.407 e. The molecule has 1 aromatic carbocycles. The largest absolute Gasteiger partial charge is 0.496 e. The van der Waals surface area contributed by atoms with Gasteiger partial charge in [0.25, 0.3) is 5.91 Å². The Kier molecular flexibility index (Phi) is 5.93. The zero-order valence-corrected chi connectivity index (χ0v) is 15.7. The van der Waals surface area contributed by atoms with E-state index in [0.717, 1.165) is 12.0 Å². The van der Waals surface area contributed by atoms with Gasteiger partial charge in [-0.3, -0.25) is 4.79 Å². The van der Waals surface area contributed by atoms with Crippen molar-refractivity contribution >= 4 is 12.0 Å². The second kappa shape index (κ2) is 7.76. The molecule has 6 nitrogen and oxygen atoms in total. The van der Waals surface area contributed by atoms with Crippen molar-refractivity contribution < 1.29 is 19.1 Å². The minimum absolute atomic E-state index is 0.00179. The average molecular weight is 348 g/mol. The number of likely N-dealkylation sites (tertiary alicyclic amines) is 1. The van der Waals surface area contributed by atoms with Crippen LogP contribution in [0.15, 0.2) is 18.2 Å². The first kappa shape index (κ1) is 19.1. The van der Waals surface area contributed by atoms with Crippen molar-refractivity contribution in [3.05, 3.63) is 29.3 Å². The third-order valence-corrected chi connectivity index (χ3v) is 4.16. The van der Waals surface area contributed by atoms with E-state index < -0.39 is 11.7 Å². The SMILES string of the molecule is COc1cc(C(=O)N2CC[C@@H](CNC(=O)OC(C)(C)C)C2)ccc1C. The number of nitrogens with zero attached hydrogens (tertiary/aromatic N) is 1. The number of carbonyl (C=O) groups is 2. The molecule has 6 heteroatoms. The van der Waals surface area contributed by atoms with E-state index in [9.17, 15) is 9.59 Å². The summed E-state index contributed by atoms with van der Waals surface area (Å²) in [4.78, 5) is 26.2. The summed E-state index contributed by atoms with van der Waals surface area (Å²) < 4.78 is 10.5. The predicted octanol–water partition coefficient (Wildman–Crippen LogP) is 2.99. The Balaban J connectivity index is 1.88. The average Bonchev–Trinajstić information content (AvgIpc) is 3.00. The Bertz CT molecular complexity index is 637. The number of amides is 2. The van der Waals surface area contributed by atoms with E-state index in [0.29, 0.717) is 30.9 Å². The molecule has 0 bridgehead atoms. The molecule has 0 saturated carbocycles. The van der Waals surface area contributed by atoms with Gasteiger partial charge in [-0.05, 0) is 57.7 Å². The monoisotopic (exact) mass is 348 g/mol. The fourth-order valence-electron chi connectivity index (χ4n) is 2.86. The maximum Gasteiger partial charge on any atom is 0.407 e. The molecule has 138 valence electrons. The molecule has 1 fully saturated rings. The van der Waals surface area contributed by atoms with Crippen LogP contribution in [0.4, 0.5) is 4.79 Å². The predicted molar refractivity (Wildman–Crippen MR) is 96.0 cm³/mol. The lowest BCUT2D eigenvalue weighted by Crippen LogP contribution is -2.36. The van der Waals surface area contributed by atoms with E-state index in [2.05, 4.69) is 5.32 Å². The molecule has 1 aliphatic rings. The van der Waals surface area contributed by atoms with Crippen LogP contribution >= 0.6 is 0 Å². The van der Waals surface area contributed by atoms with Crippen LogP contribution in [0.5, 0.6) is 5.75 Å². The van der Waals surface area contributed by atoms with Gasteiger partial charge in [-0.15, -0.1) is 0 Å². The van der Waals surface area contributed by atoms with Gasteiger partial charge in [0.05, 0.1) is 7.11 Å². The Morgan fingerprint density at radius 2 is 2.04 bits per heavy atom. The fraction of sp³-hybridized carbons (Fsp3) is 0.579. The van der Waals surface area contributed by atoms with Crippen molar-refractivity contribution in [2.75, 3.05) is 26.7 Å². The van der Waals surface area contributed by atoms with Crippen LogP contribution in [-0.2, 0) is 4.74 Å². The summed E-state index contributed by atoms with van der Waals surface area (Å²) in [6.45, 7) is 9.27. The maximum atomic E-state index is 12.7. The molecule has 1 atom stereocenters. The van der Waals surface area contributed by atoms with Crippen molar-refractivity contribution in [1.29, 1.82) is 0 Å². The molecule has 1 aromatic rings. The molecule has 2 amide bonds. The molecule has 0 unspecified atom stereocenters. The van der Waals surface area contributed by atoms with Crippen molar-refractivity contribution in [3.63, 3.8) is 0 Å². The summed E-state index contributed by atoms with van der Waals surface area (Å²) in [7, 11) is 1.60. The van der Waals surface area contributed by atoms with Crippen LogP contribution in [0.3, 0.4) is 0 Å². The van der Waals surface area contributed by atoms with Crippen LogP contribution in [0.1, 0.15) is 43.1 Å². The molecule has 0 aromatic heterocycles. The first-order valence-corrected chi connectivity index (χ1v) is 8.60. The number of ether oxygens (including phenoxy) is 2. The molecule has 1 heterocycles. The van der Waals surface area contributed by atoms with E-state index >= 15 is 0 Å². The maximum absolute atomic E-state index is 12.7. The van der Waals surface area contributed by atoms with E-state index in [4.69, 9.17) is 9.47 Å². The molecule has 0 radical (unpaired) electrons. The van der Waals surface area contributed by atoms with Crippen LogP contribution in [0.2, 0.25) is 0 Å². The Labute approximate surface area is 149 Å². The highest BCUT2D eigenvalue weighted by Crippen LogP contribution is 2.23. The third kappa shape index (κ3) is 5.37. The molecular formula is C19H28N2O4. The normalized spacial score (nSPS) is 17.3. The van der Waals surface area contributed by atoms with E-state index in [1.54, 1.807) is 13.2 Å². The summed E-state index contributed by atoms with van der Waals surface area (Å²) in [5.74, 6) is 0.954. The van der Waals surface area contributed by atoms with Crippen molar-refractivity contribution in [2.24, 2.45) is 5.92 Å². The lowest BCUT2D eigenvalue weighted by molar-refractivity contribution is 0.0520. The van der Waals surface area contributed by atoms with Crippen molar-refractivity contribution in [1.82, 2.24) is 10.2 Å². The summed E-state index contributed by atoms with van der Waals surface area (Å²) in [5, 5.41) is 2.79. The summed E-state index contributed by atoms with van der Waals surface area (Å²) in [5.41, 5.74) is 1.12. The Morgan fingerprint density at radius 3 is 2.68 bits per heavy atom. The highest BCUT2D eigenvalue weighted by atomic mass is 16.6. The van der Waals surface area contributed by atoms with Crippen LogP contribution in [0, 0.1) is 12.8 Å². The number of hydrogen-bond acceptors (Lipinski definition) is 4. The number of nitrogens with one attached hydrogen (secondary N) is 1. The molecular weight excluding hydrogens is 320 g/mol. The van der Waals surface area contributed by atoms with Gasteiger partial charge in [-0.2, -0.15) is 0 Å². The molecule has 1 aliphatic heterocycles. The highest BCUT2D eigenvalue weighted by Gasteiger charge is 2.28. The van der Waals surface area contributed by atoms with Crippen molar-refractivity contribution in [3.8, 4) is 5.75 Å². The number of aryl methyl sites for hydroxylation is 1. The van der Waals surface area contributed by atoms with Crippen LogP contribution in [-0.4, -0.2) is 49.2 Å². The topological polar surface area (TPSA) is 67.9 Å². The second-order valence-corrected chi connectivity index (χ2v) is 7.47. The van der Waals surface area contributed by atoms with Crippen LogP contribution in [0.25, 0.3) is 0 Å². The molecule has 2 rings (SSSR count). The molecule has 0 spiro atoms. The van der Waals surface area contributed by atoms with Gasteiger partial charge in [0.2, 0.25) is 0 Å². The quantitative estimate of drug-likeness (QED) is 0.908. The molecule has 25 heavy (non-hydrogen) atoms. The number of rotatable bonds is 4. The minimum atomic E-state index is -0.508. The van der Waals surface area contributed by atoms with Gasteiger partial charge in [-0.25, -0.2) is 4.79 Å². The first-order valence-electron chi connectivity index (χ1n) is 8.60. The van der Waals surface area contributed by atoms with Gasteiger partial charge in [-0.1, -0.05) is 6.07 Å². The lowest BCUT2D eigenvalue weighted by Gasteiger charge is -2.21. The third-order valence-electron chi connectivity index (χ3n) is 4.16. The Hall–Kier alpha value is -2.24. The zero-order valence-electron chi connectivity index (χ0n) is 15.7. The second-order valence-electron chi connectivity index (χ2n) is 7.47. The minimum Gasteiger partial charge on any atom is -0.496 e. The van der Waals surface area contributed by atoms with Gasteiger partial charge < -0.3 is 19.7 Å². The fourth-order valence-corrected chi connectivity index (χ4v) is 2.86. The highest BCUT2D eigenvalue weighted by molar-refractivity contribution is 5.95.